The second-order valence-electron chi connectivity index (χ2n) is 12.7. The molecule has 14 N–H and O–H groups in total. The van der Waals surface area contributed by atoms with Crippen LogP contribution in [0.15, 0.2) is 53.5 Å². The van der Waals surface area contributed by atoms with Gasteiger partial charge in [-0.3, -0.25) is 9.12 Å². The third kappa shape index (κ3) is 13.7. The molecular weight excluding hydrogens is 861 g/mol. The van der Waals surface area contributed by atoms with Gasteiger partial charge in [-0.2, -0.15) is 8.42 Å². The molecule has 0 amide bonds. The maximum absolute atomic E-state index is 11.8. The number of carboxylic acids is 2. The fourth-order valence-electron chi connectivity index (χ4n) is 5.91. The van der Waals surface area contributed by atoms with Crippen LogP contribution in [0.2, 0.25) is 0 Å². The molecule has 0 radical (unpaired) electrons. The molecule has 2 fully saturated rings. The standard InChI is InChI=1S/C22H22N2O4S.C12H22O14S.Ca.2H2O.2H/c1-2-3-6-20-23-14-18(12-16(22(27)28)13-19-5-4-11-29-19)24(20)17-9-7-15(8-10-17)21(25)26;13-1-4-6(16)8(18)9(19)11(23-4)25-12(3-15)10(26-27(20,21)22)7(17)5(2-14)24-12;;;;;/h4-5,7-12,14H,2-3,6,13H2,1H3,(H,25,26)(H,27,28);4-11,13-19H,1-3H2,(H,20,21,22);;2*1H2;;/b16-12+;;;;;;/t;4-,5-,6-,7-,8+,9-,10+,11-,12+;;;;;/m.1...../s1. The number of aromatic nitrogens is 2. The number of aliphatic hydroxyl groups is 7. The summed E-state index contributed by atoms with van der Waals surface area (Å²) in [7, 11) is -5.19. The number of unbranched alkanes of at least 4 members (excludes halogenated alkanes) is 1. The van der Waals surface area contributed by atoms with Gasteiger partial charge in [0.1, 0.15) is 49.1 Å². The fraction of sp³-hybridized carbons (Fsp3) is 0.500. The fourth-order valence-corrected chi connectivity index (χ4v) is 7.16. The Hall–Kier alpha value is -2.54. The monoisotopic (exact) mass is 910 g/mol. The van der Waals surface area contributed by atoms with Gasteiger partial charge in [-0.1, -0.05) is 19.4 Å². The molecule has 9 atom stereocenters. The summed E-state index contributed by atoms with van der Waals surface area (Å²) in [6.45, 7) is -0.786. The van der Waals surface area contributed by atoms with Gasteiger partial charge in [-0.05, 0) is 48.2 Å². The van der Waals surface area contributed by atoms with E-state index in [2.05, 4.69) is 16.1 Å². The van der Waals surface area contributed by atoms with Crippen molar-refractivity contribution in [2.45, 2.75) is 87.4 Å². The Kier molecular flexibility index (Phi) is 22.3. The minimum absolute atomic E-state index is 0. The summed E-state index contributed by atoms with van der Waals surface area (Å²) in [5.41, 5.74) is 1.89. The average Bonchev–Trinajstić information content (AvgIpc) is 3.89. The number of carbonyl (C=O) groups is 2. The third-order valence-corrected chi connectivity index (χ3v) is 10.1. The summed E-state index contributed by atoms with van der Waals surface area (Å²) >= 11 is 1.52. The van der Waals surface area contributed by atoms with Gasteiger partial charge in [-0.25, -0.2) is 18.8 Å². The second-order valence-corrected chi connectivity index (χ2v) is 14.8. The van der Waals surface area contributed by atoms with Crippen molar-refractivity contribution in [1.82, 2.24) is 9.55 Å². The number of hydrogen-bond donors (Lipinski definition) is 10. The van der Waals surface area contributed by atoms with E-state index in [1.807, 2.05) is 22.1 Å². The Morgan fingerprint density at radius 2 is 1.61 bits per heavy atom. The van der Waals surface area contributed by atoms with Crippen LogP contribution in [0.1, 0.15) is 46.5 Å². The SMILES string of the molecule is CCCCc1ncc(/C=C(\Cc2cccs2)C(=O)O)n1-c1ccc(C(=O)O)cc1.O.O.O=S(=O)(O)O[C@H]1[C@H](O)[C@@H](CO)O[C@@]1(CO)O[C@H]1O[C@H](CO)[C@@H](O)[C@H](O)[C@H]1O.[CaH2]. The molecule has 25 heteroatoms. The van der Waals surface area contributed by atoms with Gasteiger partial charge in [0, 0.05) is 29.0 Å². The number of ether oxygens (including phenoxy) is 3. The van der Waals surface area contributed by atoms with Crippen molar-refractivity contribution >= 4 is 77.5 Å². The summed E-state index contributed by atoms with van der Waals surface area (Å²) in [6, 6.07) is 10.3. The molecule has 2 aliphatic heterocycles. The molecule has 330 valence electrons. The first-order chi connectivity index (χ1) is 26.5. The normalized spacial score (nSPS) is 26.7. The molecule has 1 aromatic carbocycles. The third-order valence-electron chi connectivity index (χ3n) is 8.80. The first kappa shape index (κ1) is 54.5. The Morgan fingerprint density at radius 3 is 2.12 bits per heavy atom. The van der Waals surface area contributed by atoms with Crippen LogP contribution in [0, 0.1) is 0 Å². The predicted octanol–water partition coefficient (Wildman–Crippen LogP) is -3.45. The van der Waals surface area contributed by atoms with Crippen LogP contribution in [0.5, 0.6) is 0 Å². The van der Waals surface area contributed by atoms with Crippen LogP contribution in [0.3, 0.4) is 0 Å². The number of aliphatic carboxylic acids is 1. The molecule has 4 heterocycles. The molecule has 2 saturated heterocycles. The number of aromatic carboxylic acids is 1. The Bertz CT molecular complexity index is 1890. The van der Waals surface area contributed by atoms with E-state index in [1.165, 1.54) is 11.3 Å². The molecule has 59 heavy (non-hydrogen) atoms. The maximum atomic E-state index is 11.8. The molecule has 0 aliphatic carbocycles. The number of aliphatic hydroxyl groups excluding tert-OH is 7. The number of hydrogen-bond acceptors (Lipinski definition) is 17. The predicted molar refractivity (Wildman–Crippen MR) is 208 cm³/mol. The quantitative estimate of drug-likeness (QED) is 0.0379. The molecule has 22 nitrogen and oxygen atoms in total. The number of carboxylic acid groups (broad SMARTS) is 2. The molecule has 0 saturated carbocycles. The zero-order chi connectivity index (χ0) is 41.4. The topological polar surface area (TPSA) is 388 Å². The van der Waals surface area contributed by atoms with Gasteiger partial charge in [0.2, 0.25) is 5.79 Å². The van der Waals surface area contributed by atoms with Crippen molar-refractivity contribution in [3.8, 4) is 5.69 Å². The van der Waals surface area contributed by atoms with E-state index in [0.717, 1.165) is 35.7 Å². The summed E-state index contributed by atoms with van der Waals surface area (Å²) in [5, 5.41) is 88.4. The van der Waals surface area contributed by atoms with Crippen LogP contribution in [0.25, 0.3) is 11.8 Å². The van der Waals surface area contributed by atoms with E-state index >= 15 is 0 Å². The van der Waals surface area contributed by atoms with Gasteiger partial charge in [0.15, 0.2) is 12.4 Å². The molecule has 0 bridgehead atoms. The number of benzene rings is 1. The zero-order valence-electron chi connectivity index (χ0n) is 30.7. The second kappa shape index (κ2) is 24.2. The van der Waals surface area contributed by atoms with Gasteiger partial charge in [0.05, 0.1) is 30.7 Å². The van der Waals surface area contributed by atoms with Crippen LogP contribution >= 0.6 is 11.3 Å². The first-order valence-electron chi connectivity index (χ1n) is 17.1. The minimum atomic E-state index is -5.19. The van der Waals surface area contributed by atoms with Crippen molar-refractivity contribution < 1.29 is 97.9 Å². The number of aryl methyl sites for hydroxylation is 1. The Morgan fingerprint density at radius 1 is 0.966 bits per heavy atom. The Balaban J connectivity index is 0.000000563. The number of nitrogens with zero attached hydrogens (tertiary/aromatic N) is 2. The van der Waals surface area contributed by atoms with E-state index in [1.54, 1.807) is 36.5 Å². The van der Waals surface area contributed by atoms with E-state index < -0.39 is 97.0 Å². The van der Waals surface area contributed by atoms with Crippen LogP contribution in [0.4, 0.5) is 0 Å². The molecule has 5 rings (SSSR count). The van der Waals surface area contributed by atoms with Gasteiger partial charge in [0.25, 0.3) is 0 Å². The summed E-state index contributed by atoms with van der Waals surface area (Å²) < 4.78 is 52.6. The average molecular weight is 911 g/mol. The molecule has 0 spiro atoms. The summed E-state index contributed by atoms with van der Waals surface area (Å²) in [5.74, 6) is -3.71. The van der Waals surface area contributed by atoms with E-state index in [0.29, 0.717) is 12.1 Å². The summed E-state index contributed by atoms with van der Waals surface area (Å²) in [4.78, 5) is 28.5. The van der Waals surface area contributed by atoms with Crippen molar-refractivity contribution in [2.75, 3.05) is 19.8 Å². The summed E-state index contributed by atoms with van der Waals surface area (Å²) in [6.07, 6.45) is -8.01. The van der Waals surface area contributed by atoms with E-state index in [9.17, 15) is 53.8 Å². The Labute approximate surface area is 371 Å². The van der Waals surface area contributed by atoms with Crippen LogP contribution < -0.4 is 0 Å². The molecule has 0 unspecified atom stereocenters. The van der Waals surface area contributed by atoms with Crippen LogP contribution in [-0.4, -0.2) is 204 Å². The van der Waals surface area contributed by atoms with Crippen LogP contribution in [-0.2, 0) is 46.4 Å². The van der Waals surface area contributed by atoms with Crippen molar-refractivity contribution in [3.63, 3.8) is 0 Å². The number of rotatable bonds is 16. The van der Waals surface area contributed by atoms with Crippen molar-refractivity contribution in [1.29, 1.82) is 0 Å². The molecular formula is C34H50CaN2O20S2. The number of imidazole rings is 1. The zero-order valence-corrected chi connectivity index (χ0v) is 32.3. The van der Waals surface area contributed by atoms with E-state index in [-0.39, 0.29) is 59.8 Å². The molecule has 2 aliphatic rings. The number of thiophene rings is 1. The molecule has 3 aromatic rings. The van der Waals surface area contributed by atoms with Crippen molar-refractivity contribution in [2.24, 2.45) is 0 Å². The first-order valence-corrected chi connectivity index (χ1v) is 19.3. The van der Waals surface area contributed by atoms with Crippen molar-refractivity contribution in [3.05, 3.63) is 75.5 Å². The van der Waals surface area contributed by atoms with Gasteiger partial charge in [-0.15, -0.1) is 11.3 Å². The van der Waals surface area contributed by atoms with Gasteiger partial charge < -0.3 is 71.1 Å². The molecule has 2 aromatic heterocycles. The van der Waals surface area contributed by atoms with E-state index in [4.69, 9.17) is 29.0 Å². The van der Waals surface area contributed by atoms with Gasteiger partial charge >= 0.3 is 60.1 Å².